The topological polar surface area (TPSA) is 132 Å². The Labute approximate surface area is 226 Å². The van der Waals surface area contributed by atoms with Gasteiger partial charge in [0, 0.05) is 11.1 Å². The normalized spacial score (nSPS) is 10.8. The van der Waals surface area contributed by atoms with E-state index in [4.69, 9.17) is 29.9 Å². The van der Waals surface area contributed by atoms with Crippen LogP contribution in [0.3, 0.4) is 0 Å². The highest BCUT2D eigenvalue weighted by molar-refractivity contribution is 7.85. The van der Waals surface area contributed by atoms with Gasteiger partial charge in [0.2, 0.25) is 0 Å². The standard InChI is InChI=1S/C28H34N2O3.CH4O3S/c1-4-7-23-19-22(20-11-13-21(14-12-20)28(29)30)15-16-25(23)32-17-18-33-27-10-6-9-26(31-3)24(27)8-5-2;1-5(2,3)4/h6,9-16,19H,4-5,7-8,17-18H2,1-3H3,(H3,29,30);1H3,(H,2,3,4). The number of aryl methyl sites for hydroxylation is 1. The van der Waals surface area contributed by atoms with Gasteiger partial charge in [0.15, 0.2) is 0 Å². The van der Waals surface area contributed by atoms with Crippen LogP contribution in [-0.2, 0) is 23.0 Å². The summed E-state index contributed by atoms with van der Waals surface area (Å²) < 4.78 is 43.5. The van der Waals surface area contributed by atoms with E-state index >= 15 is 0 Å². The van der Waals surface area contributed by atoms with E-state index in [9.17, 15) is 8.42 Å². The van der Waals surface area contributed by atoms with Crippen molar-refractivity contribution in [3.63, 3.8) is 0 Å². The number of benzene rings is 3. The molecule has 0 aliphatic carbocycles. The molecule has 0 spiro atoms. The minimum absolute atomic E-state index is 0.0787. The molecular weight excluding hydrogens is 504 g/mol. The van der Waals surface area contributed by atoms with Crippen LogP contribution in [0.15, 0.2) is 60.7 Å². The predicted molar refractivity (Wildman–Crippen MR) is 152 cm³/mol. The molecule has 4 N–H and O–H groups in total. The number of ether oxygens (including phenoxy) is 3. The molecule has 3 rings (SSSR count). The van der Waals surface area contributed by atoms with Crippen molar-refractivity contribution in [2.75, 3.05) is 26.6 Å². The van der Waals surface area contributed by atoms with Crippen LogP contribution in [0.25, 0.3) is 11.1 Å². The summed E-state index contributed by atoms with van der Waals surface area (Å²) in [6.45, 7) is 5.24. The van der Waals surface area contributed by atoms with Gasteiger partial charge in [-0.2, -0.15) is 8.42 Å². The lowest BCUT2D eigenvalue weighted by Crippen LogP contribution is -2.11. The number of nitrogen functional groups attached to an aromatic ring is 1. The SMILES string of the molecule is CCCc1cc(-c2ccc(C(=N)N)cc2)ccc1OCCOc1cccc(OC)c1CCC.CS(=O)(=O)O. The molecule has 0 bridgehead atoms. The van der Waals surface area contributed by atoms with E-state index in [1.807, 2.05) is 48.5 Å². The lowest BCUT2D eigenvalue weighted by Gasteiger charge is -2.16. The Hall–Kier alpha value is -3.56. The molecule has 0 amide bonds. The van der Waals surface area contributed by atoms with Crippen LogP contribution in [0.4, 0.5) is 0 Å². The van der Waals surface area contributed by atoms with Crippen LogP contribution >= 0.6 is 0 Å². The summed E-state index contributed by atoms with van der Waals surface area (Å²) in [6.07, 6.45) is 4.62. The van der Waals surface area contributed by atoms with E-state index in [-0.39, 0.29) is 5.84 Å². The number of amidine groups is 1. The Balaban J connectivity index is 0.000000926. The molecule has 0 saturated heterocycles. The average molecular weight is 543 g/mol. The molecule has 0 aliphatic heterocycles. The van der Waals surface area contributed by atoms with Crippen LogP contribution in [-0.4, -0.2) is 45.4 Å². The fraction of sp³-hybridized carbons (Fsp3) is 0.345. The van der Waals surface area contributed by atoms with E-state index in [0.717, 1.165) is 65.2 Å². The van der Waals surface area contributed by atoms with Gasteiger partial charge in [0.1, 0.15) is 36.3 Å². The molecular formula is C29H38N2O6S. The molecule has 0 atom stereocenters. The molecule has 0 aromatic heterocycles. The molecule has 38 heavy (non-hydrogen) atoms. The first-order valence-electron chi connectivity index (χ1n) is 12.5. The van der Waals surface area contributed by atoms with Crippen molar-refractivity contribution in [3.8, 4) is 28.4 Å². The fourth-order valence-corrected chi connectivity index (χ4v) is 3.88. The third kappa shape index (κ3) is 10.1. The van der Waals surface area contributed by atoms with Crippen molar-refractivity contribution in [1.29, 1.82) is 5.41 Å². The second-order valence-corrected chi connectivity index (χ2v) is 10.1. The van der Waals surface area contributed by atoms with Crippen LogP contribution in [0.2, 0.25) is 0 Å². The highest BCUT2D eigenvalue weighted by Gasteiger charge is 2.11. The summed E-state index contributed by atoms with van der Waals surface area (Å²) >= 11 is 0. The first kappa shape index (κ1) is 30.7. The Bertz CT molecular complexity index is 1280. The first-order valence-corrected chi connectivity index (χ1v) is 14.3. The van der Waals surface area contributed by atoms with Crippen LogP contribution < -0.4 is 19.9 Å². The maximum absolute atomic E-state index is 9.19. The van der Waals surface area contributed by atoms with E-state index in [1.165, 1.54) is 5.56 Å². The monoisotopic (exact) mass is 542 g/mol. The Kier molecular flexibility index (Phi) is 12.1. The van der Waals surface area contributed by atoms with E-state index in [2.05, 4.69) is 26.0 Å². The van der Waals surface area contributed by atoms with Gasteiger partial charge < -0.3 is 19.9 Å². The van der Waals surface area contributed by atoms with Gasteiger partial charge >= 0.3 is 0 Å². The van der Waals surface area contributed by atoms with Crippen molar-refractivity contribution >= 4 is 16.0 Å². The van der Waals surface area contributed by atoms with Gasteiger partial charge in [0.05, 0.1) is 13.4 Å². The molecule has 0 heterocycles. The maximum atomic E-state index is 9.19. The average Bonchev–Trinajstić information content (AvgIpc) is 2.87. The van der Waals surface area contributed by atoms with Crippen molar-refractivity contribution in [1.82, 2.24) is 0 Å². The number of rotatable bonds is 12. The largest absolute Gasteiger partial charge is 0.496 e. The lowest BCUT2D eigenvalue weighted by atomic mass is 9.99. The maximum Gasteiger partial charge on any atom is 0.261 e. The molecule has 9 heteroatoms. The van der Waals surface area contributed by atoms with Crippen molar-refractivity contribution in [2.24, 2.45) is 5.73 Å². The number of nitrogens with one attached hydrogen (secondary N) is 1. The third-order valence-corrected chi connectivity index (χ3v) is 5.52. The summed E-state index contributed by atoms with van der Waals surface area (Å²) in [4.78, 5) is 0. The number of methoxy groups -OCH3 is 1. The van der Waals surface area contributed by atoms with Crippen molar-refractivity contribution in [3.05, 3.63) is 77.4 Å². The predicted octanol–water partition coefficient (Wildman–Crippen LogP) is 5.51. The highest BCUT2D eigenvalue weighted by atomic mass is 32.2. The summed E-state index contributed by atoms with van der Waals surface area (Å²) in [6, 6.07) is 20.0. The fourth-order valence-electron chi connectivity index (χ4n) is 3.88. The molecule has 206 valence electrons. The van der Waals surface area contributed by atoms with E-state index in [0.29, 0.717) is 19.5 Å². The zero-order valence-electron chi connectivity index (χ0n) is 22.5. The third-order valence-electron chi connectivity index (χ3n) is 5.52. The molecule has 0 fully saturated rings. The van der Waals surface area contributed by atoms with Crippen molar-refractivity contribution < 1.29 is 27.2 Å². The van der Waals surface area contributed by atoms with Crippen molar-refractivity contribution in [2.45, 2.75) is 39.5 Å². The van der Waals surface area contributed by atoms with Gasteiger partial charge in [-0.25, -0.2) is 0 Å². The Morgan fingerprint density at radius 3 is 1.97 bits per heavy atom. The molecule has 3 aromatic rings. The number of hydrogen-bond acceptors (Lipinski definition) is 6. The van der Waals surface area contributed by atoms with Crippen LogP contribution in [0.1, 0.15) is 43.4 Å². The number of nitrogens with two attached hydrogens (primary N) is 1. The van der Waals surface area contributed by atoms with E-state index in [1.54, 1.807) is 7.11 Å². The van der Waals surface area contributed by atoms with Crippen LogP contribution in [0, 0.1) is 5.41 Å². The smallest absolute Gasteiger partial charge is 0.261 e. The molecule has 8 nitrogen and oxygen atoms in total. The van der Waals surface area contributed by atoms with Gasteiger partial charge in [-0.15, -0.1) is 0 Å². The minimum Gasteiger partial charge on any atom is -0.496 e. The lowest BCUT2D eigenvalue weighted by molar-refractivity contribution is 0.214. The molecule has 0 aliphatic rings. The van der Waals surface area contributed by atoms with Gasteiger partial charge in [-0.3, -0.25) is 9.96 Å². The second kappa shape index (κ2) is 15.0. The molecule has 0 unspecified atom stereocenters. The minimum atomic E-state index is -3.67. The summed E-state index contributed by atoms with van der Waals surface area (Å²) in [5.41, 5.74) is 10.8. The molecule has 3 aromatic carbocycles. The molecule has 0 saturated carbocycles. The Morgan fingerprint density at radius 2 is 1.42 bits per heavy atom. The summed E-state index contributed by atoms with van der Waals surface area (Å²) in [7, 11) is -1.97. The Morgan fingerprint density at radius 1 is 0.868 bits per heavy atom. The highest BCUT2D eigenvalue weighted by Crippen LogP contribution is 2.30. The number of hydrogen-bond donors (Lipinski definition) is 3. The first-order chi connectivity index (χ1) is 18.1. The second-order valence-electron chi connectivity index (χ2n) is 8.68. The zero-order chi connectivity index (χ0) is 28.1. The summed E-state index contributed by atoms with van der Waals surface area (Å²) in [5, 5.41) is 7.56. The molecule has 0 radical (unpaired) electrons. The van der Waals surface area contributed by atoms with Gasteiger partial charge in [0.25, 0.3) is 10.1 Å². The van der Waals surface area contributed by atoms with Gasteiger partial charge in [-0.05, 0) is 53.8 Å². The summed E-state index contributed by atoms with van der Waals surface area (Å²) in [5.74, 6) is 2.70. The van der Waals surface area contributed by atoms with E-state index < -0.39 is 10.1 Å². The van der Waals surface area contributed by atoms with Gasteiger partial charge in [-0.1, -0.05) is 63.1 Å². The quantitative estimate of drug-likeness (QED) is 0.119. The van der Waals surface area contributed by atoms with Crippen LogP contribution in [0.5, 0.6) is 17.2 Å². The zero-order valence-corrected chi connectivity index (χ0v) is 23.3.